The van der Waals surface area contributed by atoms with Crippen LogP contribution in [0.25, 0.3) is 11.2 Å². The topological polar surface area (TPSA) is 70.3 Å². The molecule has 1 N–H and O–H groups in total. The van der Waals surface area contributed by atoms with Crippen LogP contribution in [0.15, 0.2) is 24.4 Å². The van der Waals surface area contributed by atoms with Crippen LogP contribution >= 0.6 is 23.2 Å². The fraction of sp³-hybridized carbons (Fsp3) is 0.560. The highest BCUT2D eigenvalue weighted by Gasteiger charge is 2.36. The summed E-state index contributed by atoms with van der Waals surface area (Å²) in [7, 11) is 0. The zero-order valence-electron chi connectivity index (χ0n) is 20.0. The fourth-order valence-electron chi connectivity index (χ4n) is 5.76. The number of rotatable bonds is 5. The highest BCUT2D eigenvalue weighted by atomic mass is 35.5. The second-order valence-corrected chi connectivity index (χ2v) is 10.6. The van der Waals surface area contributed by atoms with Gasteiger partial charge in [0.15, 0.2) is 5.65 Å². The normalized spacial score (nSPS) is 24.8. The maximum Gasteiger partial charge on any atom is 0.179 e. The maximum absolute atomic E-state index is 9.78. The van der Waals surface area contributed by atoms with Gasteiger partial charge in [0.2, 0.25) is 0 Å². The van der Waals surface area contributed by atoms with Gasteiger partial charge in [0.05, 0.1) is 24.5 Å². The second-order valence-electron chi connectivity index (χ2n) is 9.77. The van der Waals surface area contributed by atoms with Crippen molar-refractivity contribution in [2.45, 2.75) is 58.2 Å². The summed E-state index contributed by atoms with van der Waals surface area (Å²) in [5, 5.41) is 15.8. The van der Waals surface area contributed by atoms with E-state index in [9.17, 15) is 5.11 Å². The molecular formula is C25H32Cl2N6O. The summed E-state index contributed by atoms with van der Waals surface area (Å²) < 4.78 is 1.92. The molecule has 9 heteroatoms. The van der Waals surface area contributed by atoms with Crippen LogP contribution in [0.3, 0.4) is 0 Å². The monoisotopic (exact) mass is 502 g/mol. The molecule has 0 aliphatic carbocycles. The summed E-state index contributed by atoms with van der Waals surface area (Å²) in [6, 6.07) is 6.27. The Morgan fingerprint density at radius 2 is 2.03 bits per heavy atom. The summed E-state index contributed by atoms with van der Waals surface area (Å²) in [6.45, 7) is 9.54. The molecule has 2 unspecified atom stereocenters. The molecule has 2 aromatic heterocycles. The number of halogens is 2. The van der Waals surface area contributed by atoms with Gasteiger partial charge >= 0.3 is 0 Å². The van der Waals surface area contributed by atoms with E-state index in [0.29, 0.717) is 28.0 Å². The number of piperidine rings is 1. The van der Waals surface area contributed by atoms with E-state index in [1.807, 2.05) is 29.9 Å². The smallest absolute Gasteiger partial charge is 0.179 e. The van der Waals surface area contributed by atoms with Crippen LogP contribution in [0.5, 0.6) is 0 Å². The Labute approximate surface area is 210 Å². The molecule has 2 saturated heterocycles. The number of likely N-dealkylation sites (tertiary alicyclic amines) is 1. The van der Waals surface area contributed by atoms with Gasteiger partial charge in [-0.2, -0.15) is 5.10 Å². The maximum atomic E-state index is 9.78. The van der Waals surface area contributed by atoms with Crippen molar-refractivity contribution in [1.82, 2.24) is 24.6 Å². The van der Waals surface area contributed by atoms with Gasteiger partial charge < -0.3 is 10.0 Å². The van der Waals surface area contributed by atoms with E-state index in [1.165, 1.54) is 6.42 Å². The van der Waals surface area contributed by atoms with Gasteiger partial charge in [-0.05, 0) is 63.3 Å². The van der Waals surface area contributed by atoms with E-state index < -0.39 is 0 Å². The molecule has 0 bridgehead atoms. The Bertz CT molecular complexity index is 1180. The van der Waals surface area contributed by atoms with Crippen molar-refractivity contribution in [3.8, 4) is 0 Å². The molecule has 0 radical (unpaired) electrons. The van der Waals surface area contributed by atoms with Crippen LogP contribution < -0.4 is 4.90 Å². The van der Waals surface area contributed by atoms with Crippen molar-refractivity contribution in [2.24, 2.45) is 5.92 Å². The summed E-state index contributed by atoms with van der Waals surface area (Å²) in [6.07, 6.45) is 5.22. The molecule has 2 aliphatic rings. The minimum absolute atomic E-state index is 0.110. The Morgan fingerprint density at radius 3 is 2.76 bits per heavy atom. The fourth-order valence-corrected chi connectivity index (χ4v) is 6.33. The third-order valence-corrected chi connectivity index (χ3v) is 8.14. The second kappa shape index (κ2) is 9.61. The lowest BCUT2D eigenvalue weighted by atomic mass is 9.92. The van der Waals surface area contributed by atoms with Crippen molar-refractivity contribution in [3.05, 3.63) is 45.7 Å². The average molecular weight is 503 g/mol. The minimum Gasteiger partial charge on any atom is -0.395 e. The van der Waals surface area contributed by atoms with E-state index in [2.05, 4.69) is 23.6 Å². The predicted molar refractivity (Wildman–Crippen MR) is 137 cm³/mol. The van der Waals surface area contributed by atoms with Crippen molar-refractivity contribution < 1.29 is 5.11 Å². The molecule has 34 heavy (non-hydrogen) atoms. The van der Waals surface area contributed by atoms with Crippen LogP contribution in [0.4, 0.5) is 5.82 Å². The van der Waals surface area contributed by atoms with Crippen molar-refractivity contribution in [1.29, 1.82) is 0 Å². The molecule has 4 atom stereocenters. The Morgan fingerprint density at radius 1 is 1.21 bits per heavy atom. The first-order chi connectivity index (χ1) is 16.4. The summed E-state index contributed by atoms with van der Waals surface area (Å²) in [5.41, 5.74) is 3.37. The van der Waals surface area contributed by atoms with Crippen molar-refractivity contribution in [3.63, 3.8) is 0 Å². The molecule has 4 heterocycles. The van der Waals surface area contributed by atoms with Crippen LogP contribution in [-0.4, -0.2) is 68.1 Å². The molecule has 0 spiro atoms. The summed E-state index contributed by atoms with van der Waals surface area (Å²) >= 11 is 12.6. The van der Waals surface area contributed by atoms with Gasteiger partial charge in [0.25, 0.3) is 0 Å². The van der Waals surface area contributed by atoms with Crippen LogP contribution in [0.1, 0.15) is 50.4 Å². The third-order valence-electron chi connectivity index (χ3n) is 7.58. The Kier molecular flexibility index (Phi) is 6.73. The van der Waals surface area contributed by atoms with E-state index >= 15 is 0 Å². The quantitative estimate of drug-likeness (QED) is 0.544. The molecule has 2 aliphatic heterocycles. The van der Waals surface area contributed by atoms with Crippen LogP contribution in [-0.2, 0) is 0 Å². The minimum atomic E-state index is -0.110. The molecule has 3 aromatic rings. The molecule has 2 fully saturated rings. The van der Waals surface area contributed by atoms with Crippen molar-refractivity contribution in [2.75, 3.05) is 31.1 Å². The molecule has 0 saturated carbocycles. The van der Waals surface area contributed by atoms with Gasteiger partial charge in [-0.15, -0.1) is 0 Å². The molecule has 0 amide bonds. The standard InChI is InChI=1S/C25H32Cl2N6O/c1-15-13-31(10-8-22(15)32-9-4-5-19(32)14-34)23-12-28-24-16(2)30-33(25(24)29-23)17(3)20-7-6-18(26)11-21(20)27/h6-7,11-12,15,17,19,22,34H,4-5,8-10,13-14H2,1-3H3/t15-,17?,19?,22+/m0/s1. The number of aliphatic hydroxyl groups excluding tert-OH is 1. The number of hydrogen-bond donors (Lipinski definition) is 1. The molecule has 5 rings (SSSR count). The molecule has 7 nitrogen and oxygen atoms in total. The highest BCUT2D eigenvalue weighted by molar-refractivity contribution is 6.35. The number of fused-ring (bicyclic) bond motifs is 1. The number of aliphatic hydroxyl groups is 1. The number of benzene rings is 1. The average Bonchev–Trinajstić information content (AvgIpc) is 3.42. The van der Waals surface area contributed by atoms with Gasteiger partial charge in [-0.3, -0.25) is 4.90 Å². The zero-order chi connectivity index (χ0) is 24.0. The number of anilines is 1. The lowest BCUT2D eigenvalue weighted by Crippen LogP contribution is -2.52. The first kappa shape index (κ1) is 23.8. The zero-order valence-corrected chi connectivity index (χ0v) is 21.5. The van der Waals surface area contributed by atoms with Crippen molar-refractivity contribution >= 4 is 40.2 Å². The number of aryl methyl sites for hydroxylation is 1. The van der Waals surface area contributed by atoms with Crippen LogP contribution in [0, 0.1) is 12.8 Å². The number of hydrogen-bond acceptors (Lipinski definition) is 6. The SMILES string of the molecule is Cc1nn(C(C)c2ccc(Cl)cc2Cl)c2nc(N3CC[C@@H](N4CCCC4CO)[C@@H](C)C3)cnc12. The molecule has 1 aromatic carbocycles. The Hall–Kier alpha value is -1.93. The number of nitrogens with zero attached hydrogens (tertiary/aromatic N) is 6. The first-order valence-electron chi connectivity index (χ1n) is 12.2. The summed E-state index contributed by atoms with van der Waals surface area (Å²) in [4.78, 5) is 14.7. The highest BCUT2D eigenvalue weighted by Crippen LogP contribution is 2.33. The lowest BCUT2D eigenvalue weighted by molar-refractivity contribution is 0.0800. The van der Waals surface area contributed by atoms with Gasteiger partial charge in [-0.25, -0.2) is 14.6 Å². The van der Waals surface area contributed by atoms with Gasteiger partial charge in [0, 0.05) is 35.2 Å². The van der Waals surface area contributed by atoms with E-state index in [1.54, 1.807) is 6.07 Å². The van der Waals surface area contributed by atoms with Gasteiger partial charge in [-0.1, -0.05) is 36.2 Å². The molecular weight excluding hydrogens is 471 g/mol. The molecule has 182 valence electrons. The van der Waals surface area contributed by atoms with Gasteiger partial charge in [0.1, 0.15) is 11.3 Å². The largest absolute Gasteiger partial charge is 0.395 e. The van der Waals surface area contributed by atoms with Crippen LogP contribution in [0.2, 0.25) is 10.0 Å². The Balaban J connectivity index is 1.41. The first-order valence-corrected chi connectivity index (χ1v) is 12.9. The lowest BCUT2D eigenvalue weighted by Gasteiger charge is -2.43. The van der Waals surface area contributed by atoms with E-state index in [-0.39, 0.29) is 12.6 Å². The van der Waals surface area contributed by atoms with E-state index in [4.69, 9.17) is 38.3 Å². The third kappa shape index (κ3) is 4.28. The predicted octanol–water partition coefficient (Wildman–Crippen LogP) is 4.72. The number of aromatic nitrogens is 4. The summed E-state index contributed by atoms with van der Waals surface area (Å²) in [5.74, 6) is 1.37. The van der Waals surface area contributed by atoms with E-state index in [0.717, 1.165) is 60.7 Å².